The Labute approximate surface area is 211 Å². The lowest BCUT2D eigenvalue weighted by atomic mass is 10.1. The maximum absolute atomic E-state index is 13.3. The molecule has 0 N–H and O–H groups in total. The minimum absolute atomic E-state index is 0.00638. The summed E-state index contributed by atoms with van der Waals surface area (Å²) in [6.45, 7) is 7.76. The smallest absolute Gasteiger partial charge is 0.266 e. The lowest BCUT2D eigenvalue weighted by molar-refractivity contribution is -0.147. The van der Waals surface area contributed by atoms with Crippen LogP contribution in [0.5, 0.6) is 17.2 Å². The molecule has 0 radical (unpaired) electrons. The van der Waals surface area contributed by atoms with E-state index in [0.29, 0.717) is 18.8 Å². The molecular formula is C29H31N3O4. The molecule has 0 atom stereocenters. The molecule has 2 aliphatic heterocycles. The van der Waals surface area contributed by atoms with Gasteiger partial charge in [0.05, 0.1) is 0 Å². The summed E-state index contributed by atoms with van der Waals surface area (Å²) in [6, 6.07) is 17.8. The molecule has 0 bridgehead atoms. The van der Waals surface area contributed by atoms with Gasteiger partial charge in [-0.15, -0.1) is 0 Å². The average molecular weight is 486 g/mol. The number of rotatable bonds is 7. The Kier molecular flexibility index (Phi) is 6.91. The van der Waals surface area contributed by atoms with Crippen molar-refractivity contribution in [2.75, 3.05) is 33.0 Å². The zero-order chi connectivity index (χ0) is 25.0. The molecule has 7 heteroatoms. The van der Waals surface area contributed by atoms with E-state index in [1.807, 2.05) is 79.4 Å². The second kappa shape index (κ2) is 10.4. The van der Waals surface area contributed by atoms with E-state index in [9.17, 15) is 4.79 Å². The lowest BCUT2D eigenvalue weighted by Gasteiger charge is -2.38. The molecule has 0 unspecified atom stereocenters. The van der Waals surface area contributed by atoms with Crippen molar-refractivity contribution in [1.29, 1.82) is 0 Å². The zero-order valence-corrected chi connectivity index (χ0v) is 20.7. The number of carbonyl (C=O) groups excluding carboxylic acids is 1. The van der Waals surface area contributed by atoms with E-state index < -0.39 is 5.60 Å². The van der Waals surface area contributed by atoms with E-state index in [1.165, 1.54) is 5.56 Å². The Balaban J connectivity index is 1.12. The molecule has 2 aromatic carbocycles. The second-order valence-electron chi connectivity index (χ2n) is 9.55. The number of amides is 1. The third-order valence-electron chi connectivity index (χ3n) is 6.45. The monoisotopic (exact) mass is 485 g/mol. The highest BCUT2D eigenvalue weighted by molar-refractivity contribution is 5.85. The highest BCUT2D eigenvalue weighted by Crippen LogP contribution is 2.33. The molecule has 186 valence electrons. The minimum Gasteiger partial charge on any atom is -0.478 e. The van der Waals surface area contributed by atoms with Crippen molar-refractivity contribution in [3.63, 3.8) is 0 Å². The average Bonchev–Trinajstić information content (AvgIpc) is 3.37. The summed E-state index contributed by atoms with van der Waals surface area (Å²) >= 11 is 0. The summed E-state index contributed by atoms with van der Waals surface area (Å²) in [5.41, 5.74) is 2.38. The fourth-order valence-electron chi connectivity index (χ4n) is 4.44. The fraction of sp³-hybridized carbons (Fsp3) is 0.310. The molecule has 0 saturated carbocycles. The van der Waals surface area contributed by atoms with E-state index in [1.54, 1.807) is 12.4 Å². The van der Waals surface area contributed by atoms with E-state index in [2.05, 4.69) is 16.0 Å². The van der Waals surface area contributed by atoms with Crippen LogP contribution in [0.4, 0.5) is 0 Å². The van der Waals surface area contributed by atoms with Gasteiger partial charge < -0.3 is 19.1 Å². The van der Waals surface area contributed by atoms with Crippen molar-refractivity contribution in [2.45, 2.75) is 26.0 Å². The van der Waals surface area contributed by atoms with Crippen molar-refractivity contribution < 1.29 is 19.0 Å². The van der Waals surface area contributed by atoms with E-state index >= 15 is 0 Å². The van der Waals surface area contributed by atoms with E-state index in [0.717, 1.165) is 42.3 Å². The predicted octanol–water partition coefficient (Wildman–Crippen LogP) is 4.48. The Morgan fingerprint density at radius 3 is 2.31 bits per heavy atom. The van der Waals surface area contributed by atoms with Gasteiger partial charge in [0, 0.05) is 45.1 Å². The maximum atomic E-state index is 13.3. The normalized spacial score (nSPS) is 15.9. The summed E-state index contributed by atoms with van der Waals surface area (Å²) in [4.78, 5) is 21.6. The standard InChI is InChI=1S/C29H31N3O4/c1-29(2,36-25-8-5-22(6-9-25)3-4-23-11-13-30-14-12-23)28(33)32-17-15-31(16-18-32)20-24-7-10-26-27(19-24)35-21-34-26/h3-14,19H,15-18,20-21H2,1-2H3/b4-3+. The van der Waals surface area contributed by atoms with Gasteiger partial charge in [-0.2, -0.15) is 0 Å². The largest absolute Gasteiger partial charge is 0.478 e. The van der Waals surface area contributed by atoms with Crippen LogP contribution in [0.25, 0.3) is 12.2 Å². The lowest BCUT2D eigenvalue weighted by Crippen LogP contribution is -2.55. The molecule has 7 nitrogen and oxygen atoms in total. The SMILES string of the molecule is CC(C)(Oc1ccc(/C=C/c2ccncc2)cc1)C(=O)N1CCN(Cc2ccc3c(c2)OCO3)CC1. The number of pyridine rings is 1. The summed E-state index contributed by atoms with van der Waals surface area (Å²) in [7, 11) is 0. The maximum Gasteiger partial charge on any atom is 0.266 e. The number of aromatic nitrogens is 1. The number of hydrogen-bond donors (Lipinski definition) is 0. The molecular weight excluding hydrogens is 454 g/mol. The van der Waals surface area contributed by atoms with Crippen LogP contribution in [-0.4, -0.2) is 59.3 Å². The fourth-order valence-corrected chi connectivity index (χ4v) is 4.44. The first-order chi connectivity index (χ1) is 17.5. The number of nitrogens with zero attached hydrogens (tertiary/aromatic N) is 3. The van der Waals surface area contributed by atoms with Gasteiger partial charge in [-0.05, 0) is 66.9 Å². The van der Waals surface area contributed by atoms with Gasteiger partial charge in [-0.25, -0.2) is 0 Å². The molecule has 3 heterocycles. The van der Waals surface area contributed by atoms with Crippen LogP contribution in [0, 0.1) is 0 Å². The van der Waals surface area contributed by atoms with E-state index in [4.69, 9.17) is 14.2 Å². The minimum atomic E-state index is -0.951. The zero-order valence-electron chi connectivity index (χ0n) is 20.7. The van der Waals surface area contributed by atoms with Crippen LogP contribution >= 0.6 is 0 Å². The Bertz CT molecular complexity index is 1220. The summed E-state index contributed by atoms with van der Waals surface area (Å²) in [5, 5.41) is 0. The molecule has 36 heavy (non-hydrogen) atoms. The van der Waals surface area contributed by atoms with Gasteiger partial charge in [0.25, 0.3) is 5.91 Å². The quantitative estimate of drug-likeness (QED) is 0.492. The number of piperazine rings is 1. The van der Waals surface area contributed by atoms with Crippen molar-refractivity contribution >= 4 is 18.1 Å². The molecule has 2 aliphatic rings. The number of ether oxygens (including phenoxy) is 3. The number of hydrogen-bond acceptors (Lipinski definition) is 6. The first kappa shape index (κ1) is 23.9. The van der Waals surface area contributed by atoms with E-state index in [-0.39, 0.29) is 12.7 Å². The van der Waals surface area contributed by atoms with Gasteiger partial charge in [0.2, 0.25) is 6.79 Å². The van der Waals surface area contributed by atoms with Crippen molar-refractivity contribution in [2.24, 2.45) is 0 Å². The number of fused-ring (bicyclic) bond motifs is 1. The number of benzene rings is 2. The van der Waals surface area contributed by atoms with Gasteiger partial charge >= 0.3 is 0 Å². The Morgan fingerprint density at radius 2 is 1.58 bits per heavy atom. The van der Waals surface area contributed by atoms with Gasteiger partial charge in [-0.1, -0.05) is 30.4 Å². The molecule has 0 spiro atoms. The molecule has 5 rings (SSSR count). The molecule has 0 aliphatic carbocycles. The molecule has 1 fully saturated rings. The molecule has 1 aromatic heterocycles. The summed E-state index contributed by atoms with van der Waals surface area (Å²) in [6.07, 6.45) is 7.62. The van der Waals surface area contributed by atoms with Crippen molar-refractivity contribution in [1.82, 2.24) is 14.8 Å². The predicted molar refractivity (Wildman–Crippen MR) is 139 cm³/mol. The Hall–Kier alpha value is -3.84. The molecule has 1 saturated heterocycles. The third kappa shape index (κ3) is 5.69. The van der Waals surface area contributed by atoms with Crippen LogP contribution in [0.1, 0.15) is 30.5 Å². The Morgan fingerprint density at radius 1 is 0.917 bits per heavy atom. The first-order valence-corrected chi connectivity index (χ1v) is 12.2. The van der Waals surface area contributed by atoms with Crippen LogP contribution in [0.3, 0.4) is 0 Å². The van der Waals surface area contributed by atoms with Gasteiger partial charge in [0.15, 0.2) is 17.1 Å². The highest BCUT2D eigenvalue weighted by Gasteiger charge is 2.35. The topological polar surface area (TPSA) is 64.1 Å². The summed E-state index contributed by atoms with van der Waals surface area (Å²) < 4.78 is 17.0. The molecule has 3 aromatic rings. The van der Waals surface area contributed by atoms with Gasteiger partial charge in [0.1, 0.15) is 5.75 Å². The first-order valence-electron chi connectivity index (χ1n) is 12.2. The second-order valence-corrected chi connectivity index (χ2v) is 9.55. The summed E-state index contributed by atoms with van der Waals surface area (Å²) in [5.74, 6) is 2.29. The van der Waals surface area contributed by atoms with Crippen LogP contribution < -0.4 is 14.2 Å². The van der Waals surface area contributed by atoms with Crippen molar-refractivity contribution in [3.8, 4) is 17.2 Å². The third-order valence-corrected chi connectivity index (χ3v) is 6.45. The van der Waals surface area contributed by atoms with Crippen LogP contribution in [-0.2, 0) is 11.3 Å². The van der Waals surface area contributed by atoms with Crippen molar-refractivity contribution in [3.05, 3.63) is 83.7 Å². The molecule has 1 amide bonds. The van der Waals surface area contributed by atoms with Crippen LogP contribution in [0.2, 0.25) is 0 Å². The number of carbonyl (C=O) groups is 1. The van der Waals surface area contributed by atoms with Crippen LogP contribution in [0.15, 0.2) is 67.0 Å². The highest BCUT2D eigenvalue weighted by atomic mass is 16.7. The van der Waals surface area contributed by atoms with Gasteiger partial charge in [-0.3, -0.25) is 14.7 Å².